The standard InChI is InChI=1S/C13H17NO5/c1-11(8-12-4-3-5-17-12)9-14-19-10-13(15)18-7-6-16-2/h3-5,8-9H,6-7,10H2,1-2H3/b11-8+,14-9+. The van der Waals surface area contributed by atoms with Crippen LogP contribution in [0.5, 0.6) is 0 Å². The number of carbonyl (C=O) groups excluding carboxylic acids is 1. The Morgan fingerprint density at radius 2 is 2.32 bits per heavy atom. The lowest BCUT2D eigenvalue weighted by Crippen LogP contribution is -2.14. The van der Waals surface area contributed by atoms with Crippen molar-refractivity contribution < 1.29 is 23.5 Å². The monoisotopic (exact) mass is 267 g/mol. The lowest BCUT2D eigenvalue weighted by Gasteiger charge is -2.02. The predicted molar refractivity (Wildman–Crippen MR) is 69.6 cm³/mol. The molecule has 19 heavy (non-hydrogen) atoms. The maximum absolute atomic E-state index is 11.1. The maximum Gasteiger partial charge on any atom is 0.347 e. The molecule has 1 heterocycles. The van der Waals surface area contributed by atoms with Gasteiger partial charge < -0.3 is 18.7 Å². The van der Waals surface area contributed by atoms with E-state index in [-0.39, 0.29) is 13.2 Å². The van der Waals surface area contributed by atoms with Crippen molar-refractivity contribution in [1.82, 2.24) is 0 Å². The molecule has 0 aliphatic rings. The highest BCUT2D eigenvalue weighted by atomic mass is 16.7. The minimum Gasteiger partial charge on any atom is -0.465 e. The summed E-state index contributed by atoms with van der Waals surface area (Å²) in [6.45, 7) is 2.18. The number of esters is 1. The van der Waals surface area contributed by atoms with Crippen molar-refractivity contribution in [2.45, 2.75) is 6.92 Å². The third-order valence-corrected chi connectivity index (χ3v) is 1.98. The first-order chi connectivity index (χ1) is 9.22. The molecular formula is C13H17NO5. The van der Waals surface area contributed by atoms with Crippen molar-refractivity contribution >= 4 is 18.3 Å². The van der Waals surface area contributed by atoms with E-state index in [0.717, 1.165) is 11.3 Å². The highest BCUT2D eigenvalue weighted by molar-refractivity contribution is 5.83. The Morgan fingerprint density at radius 1 is 1.47 bits per heavy atom. The van der Waals surface area contributed by atoms with Gasteiger partial charge in [0.15, 0.2) is 0 Å². The van der Waals surface area contributed by atoms with E-state index < -0.39 is 5.97 Å². The number of carbonyl (C=O) groups is 1. The fraction of sp³-hybridized carbons (Fsp3) is 0.385. The number of ether oxygens (including phenoxy) is 2. The van der Waals surface area contributed by atoms with Crippen molar-refractivity contribution in [1.29, 1.82) is 0 Å². The van der Waals surface area contributed by atoms with Crippen LogP contribution in [0.25, 0.3) is 6.08 Å². The molecule has 0 saturated heterocycles. The van der Waals surface area contributed by atoms with E-state index in [4.69, 9.17) is 18.7 Å². The lowest BCUT2D eigenvalue weighted by atomic mass is 10.3. The van der Waals surface area contributed by atoms with Gasteiger partial charge in [0.05, 0.1) is 19.1 Å². The van der Waals surface area contributed by atoms with E-state index in [2.05, 4.69) is 5.16 Å². The highest BCUT2D eigenvalue weighted by Gasteiger charge is 2.01. The first kappa shape index (κ1) is 15.0. The van der Waals surface area contributed by atoms with Crippen LogP contribution in [0.15, 0.2) is 33.5 Å². The Balaban J connectivity index is 2.21. The summed E-state index contributed by atoms with van der Waals surface area (Å²) in [5.74, 6) is 0.241. The van der Waals surface area contributed by atoms with Gasteiger partial charge in [0.1, 0.15) is 12.4 Å². The SMILES string of the molecule is COCCOC(=O)CO/N=C/C(C)=C/c1ccco1. The average Bonchev–Trinajstić information content (AvgIpc) is 2.88. The summed E-state index contributed by atoms with van der Waals surface area (Å²) in [6.07, 6.45) is 4.87. The van der Waals surface area contributed by atoms with Crippen molar-refractivity contribution in [3.8, 4) is 0 Å². The number of methoxy groups -OCH3 is 1. The fourth-order valence-electron chi connectivity index (χ4n) is 1.13. The molecule has 0 N–H and O–H groups in total. The minimum atomic E-state index is -0.484. The number of allylic oxidation sites excluding steroid dienone is 1. The van der Waals surface area contributed by atoms with Gasteiger partial charge in [-0.05, 0) is 30.7 Å². The molecule has 0 unspecified atom stereocenters. The Kier molecular flexibility index (Phi) is 7.04. The average molecular weight is 267 g/mol. The molecule has 0 saturated carbocycles. The quantitative estimate of drug-likeness (QED) is 0.311. The molecule has 0 spiro atoms. The predicted octanol–water partition coefficient (Wildman–Crippen LogP) is 1.87. The Morgan fingerprint density at radius 3 is 3.00 bits per heavy atom. The number of rotatable bonds is 8. The van der Waals surface area contributed by atoms with Gasteiger partial charge >= 0.3 is 5.97 Å². The van der Waals surface area contributed by atoms with Gasteiger partial charge in [-0.25, -0.2) is 4.79 Å². The smallest absolute Gasteiger partial charge is 0.347 e. The van der Waals surface area contributed by atoms with Gasteiger partial charge in [0.2, 0.25) is 6.61 Å². The number of nitrogens with zero attached hydrogens (tertiary/aromatic N) is 1. The van der Waals surface area contributed by atoms with Crippen LogP contribution in [0.3, 0.4) is 0 Å². The number of hydrogen-bond donors (Lipinski definition) is 0. The first-order valence-electron chi connectivity index (χ1n) is 5.74. The van der Waals surface area contributed by atoms with Crippen LogP contribution in [-0.4, -0.2) is 39.1 Å². The van der Waals surface area contributed by atoms with E-state index in [9.17, 15) is 4.79 Å². The molecule has 0 fully saturated rings. The third kappa shape index (κ3) is 7.05. The Bertz CT molecular complexity index is 422. The van der Waals surface area contributed by atoms with Crippen LogP contribution in [0, 0.1) is 0 Å². The molecule has 0 radical (unpaired) electrons. The molecule has 104 valence electrons. The summed E-state index contributed by atoms with van der Waals surface area (Å²) in [5, 5.41) is 3.65. The van der Waals surface area contributed by atoms with Crippen LogP contribution in [0.4, 0.5) is 0 Å². The van der Waals surface area contributed by atoms with Crippen molar-refractivity contribution in [3.63, 3.8) is 0 Å². The zero-order valence-corrected chi connectivity index (χ0v) is 11.0. The fourth-order valence-corrected chi connectivity index (χ4v) is 1.13. The largest absolute Gasteiger partial charge is 0.465 e. The molecule has 0 bridgehead atoms. The Hall–Kier alpha value is -2.08. The van der Waals surface area contributed by atoms with E-state index in [0.29, 0.717) is 6.61 Å². The van der Waals surface area contributed by atoms with Gasteiger partial charge in [-0.2, -0.15) is 0 Å². The van der Waals surface area contributed by atoms with Gasteiger partial charge in [0.25, 0.3) is 0 Å². The summed E-state index contributed by atoms with van der Waals surface area (Å²) < 4.78 is 14.7. The molecule has 6 nitrogen and oxygen atoms in total. The molecule has 0 atom stereocenters. The van der Waals surface area contributed by atoms with Crippen LogP contribution in [0.2, 0.25) is 0 Å². The van der Waals surface area contributed by atoms with Crippen LogP contribution in [0.1, 0.15) is 12.7 Å². The van der Waals surface area contributed by atoms with Gasteiger partial charge in [-0.1, -0.05) is 5.16 Å². The van der Waals surface area contributed by atoms with Crippen LogP contribution in [-0.2, 0) is 19.1 Å². The summed E-state index contributed by atoms with van der Waals surface area (Å²) >= 11 is 0. The molecule has 1 aromatic rings. The molecule has 0 aliphatic carbocycles. The van der Waals surface area contributed by atoms with Crippen molar-refractivity contribution in [2.75, 3.05) is 26.9 Å². The molecule has 0 amide bonds. The van der Waals surface area contributed by atoms with E-state index >= 15 is 0 Å². The van der Waals surface area contributed by atoms with Gasteiger partial charge in [0, 0.05) is 7.11 Å². The molecule has 0 aliphatic heterocycles. The zero-order chi connectivity index (χ0) is 13.9. The van der Waals surface area contributed by atoms with Gasteiger partial charge in [-0.15, -0.1) is 0 Å². The highest BCUT2D eigenvalue weighted by Crippen LogP contribution is 2.05. The summed E-state index contributed by atoms with van der Waals surface area (Å²) in [7, 11) is 1.53. The van der Waals surface area contributed by atoms with E-state index in [1.54, 1.807) is 18.4 Å². The third-order valence-electron chi connectivity index (χ3n) is 1.98. The second-order valence-corrected chi connectivity index (χ2v) is 3.62. The Labute approximate surface area is 111 Å². The zero-order valence-electron chi connectivity index (χ0n) is 11.0. The lowest BCUT2D eigenvalue weighted by molar-refractivity contribution is -0.150. The normalized spacial score (nSPS) is 11.8. The van der Waals surface area contributed by atoms with Crippen molar-refractivity contribution in [2.24, 2.45) is 5.16 Å². The van der Waals surface area contributed by atoms with Crippen LogP contribution < -0.4 is 0 Å². The molecule has 1 rings (SSSR count). The maximum atomic E-state index is 11.1. The summed E-state index contributed by atoms with van der Waals surface area (Å²) in [4.78, 5) is 15.9. The van der Waals surface area contributed by atoms with E-state index in [1.807, 2.05) is 13.0 Å². The number of hydrogen-bond acceptors (Lipinski definition) is 6. The molecular weight excluding hydrogens is 250 g/mol. The van der Waals surface area contributed by atoms with Crippen LogP contribution >= 0.6 is 0 Å². The summed E-state index contributed by atoms with van der Waals surface area (Å²) in [6, 6.07) is 3.62. The second-order valence-electron chi connectivity index (χ2n) is 3.62. The number of furan rings is 1. The molecule has 6 heteroatoms. The van der Waals surface area contributed by atoms with E-state index in [1.165, 1.54) is 13.3 Å². The number of oxime groups is 1. The van der Waals surface area contributed by atoms with Crippen molar-refractivity contribution in [3.05, 3.63) is 29.7 Å². The minimum absolute atomic E-state index is 0.208. The summed E-state index contributed by atoms with van der Waals surface area (Å²) in [5.41, 5.74) is 0.836. The molecule has 1 aromatic heterocycles. The van der Waals surface area contributed by atoms with Gasteiger partial charge in [-0.3, -0.25) is 0 Å². The second kappa shape index (κ2) is 8.93. The first-order valence-corrected chi connectivity index (χ1v) is 5.74. The topological polar surface area (TPSA) is 70.3 Å². The molecule has 0 aromatic carbocycles.